The first kappa shape index (κ1) is 21.7. The first-order valence-electron chi connectivity index (χ1n) is 8.17. The molecular weight excluding hydrogens is 400 g/mol. The van der Waals surface area contributed by atoms with Crippen LogP contribution in [-0.2, 0) is 21.0 Å². The number of rotatable bonds is 7. The number of halogens is 4. The van der Waals surface area contributed by atoms with Crippen LogP contribution in [-0.4, -0.2) is 27.1 Å². The van der Waals surface area contributed by atoms with Crippen LogP contribution in [0.25, 0.3) is 0 Å². The van der Waals surface area contributed by atoms with E-state index in [9.17, 15) is 30.8 Å². The minimum atomic E-state index is -4.61. The van der Waals surface area contributed by atoms with Gasteiger partial charge in [-0.25, -0.2) is 12.8 Å². The monoisotopic (exact) mass is 418 g/mol. The number of benzene rings is 2. The maximum atomic E-state index is 13.1. The Kier molecular flexibility index (Phi) is 6.65. The van der Waals surface area contributed by atoms with Gasteiger partial charge in [-0.15, -0.1) is 0 Å². The van der Waals surface area contributed by atoms with Crippen molar-refractivity contribution in [3.05, 3.63) is 59.9 Å². The molecule has 152 valence electrons. The van der Waals surface area contributed by atoms with E-state index in [-0.39, 0.29) is 30.8 Å². The molecule has 0 aromatic heterocycles. The minimum Gasteiger partial charge on any atom is -0.326 e. The van der Waals surface area contributed by atoms with Crippen molar-refractivity contribution >= 4 is 27.3 Å². The van der Waals surface area contributed by atoms with Crippen LogP contribution in [0.15, 0.2) is 48.5 Å². The number of nitrogens with zero attached hydrogens (tertiary/aromatic N) is 1. The van der Waals surface area contributed by atoms with Crippen molar-refractivity contribution in [1.82, 2.24) is 0 Å². The van der Waals surface area contributed by atoms with Crippen molar-refractivity contribution in [3.8, 4) is 0 Å². The van der Waals surface area contributed by atoms with Gasteiger partial charge in [0.15, 0.2) is 0 Å². The maximum Gasteiger partial charge on any atom is 0.416 e. The topological polar surface area (TPSA) is 66.5 Å². The van der Waals surface area contributed by atoms with Crippen LogP contribution in [0.1, 0.15) is 18.4 Å². The first-order valence-corrected chi connectivity index (χ1v) is 10.0. The molecule has 0 radical (unpaired) electrons. The van der Waals surface area contributed by atoms with Crippen LogP contribution in [0, 0.1) is 5.82 Å². The van der Waals surface area contributed by atoms with Crippen molar-refractivity contribution in [3.63, 3.8) is 0 Å². The highest BCUT2D eigenvalue weighted by atomic mass is 32.2. The number of carbonyl (C=O) groups excluding carboxylic acids is 1. The van der Waals surface area contributed by atoms with E-state index in [1.54, 1.807) is 0 Å². The second-order valence-electron chi connectivity index (χ2n) is 6.05. The molecule has 5 nitrogen and oxygen atoms in total. The van der Waals surface area contributed by atoms with Crippen LogP contribution >= 0.6 is 0 Å². The molecule has 2 rings (SSSR count). The summed E-state index contributed by atoms with van der Waals surface area (Å²) in [7, 11) is -3.86. The number of anilines is 2. The summed E-state index contributed by atoms with van der Waals surface area (Å²) in [6.07, 6.45) is -3.77. The fraction of sp³-hybridized carbons (Fsp3) is 0.278. The molecule has 0 bridgehead atoms. The largest absolute Gasteiger partial charge is 0.416 e. The molecule has 0 saturated carbocycles. The van der Waals surface area contributed by atoms with Gasteiger partial charge in [0.25, 0.3) is 0 Å². The Morgan fingerprint density at radius 2 is 1.79 bits per heavy atom. The SMILES string of the molecule is CS(=O)(=O)N(CCCC(=O)Nc1cccc(F)c1)c1cccc(C(F)(F)F)c1. The lowest BCUT2D eigenvalue weighted by atomic mass is 10.2. The zero-order chi connectivity index (χ0) is 20.9. The predicted molar refractivity (Wildman–Crippen MR) is 97.9 cm³/mol. The van der Waals surface area contributed by atoms with Crippen LogP contribution in [0.4, 0.5) is 28.9 Å². The average molecular weight is 418 g/mol. The molecule has 28 heavy (non-hydrogen) atoms. The van der Waals surface area contributed by atoms with Gasteiger partial charge in [0.1, 0.15) is 5.82 Å². The Bertz CT molecular complexity index is 946. The molecule has 2 aromatic rings. The number of hydrogen-bond donors (Lipinski definition) is 1. The van der Waals surface area contributed by atoms with E-state index in [1.165, 1.54) is 24.3 Å². The maximum absolute atomic E-state index is 13.1. The summed E-state index contributed by atoms with van der Waals surface area (Å²) >= 11 is 0. The number of alkyl halides is 3. The molecule has 0 aliphatic rings. The fourth-order valence-corrected chi connectivity index (χ4v) is 3.45. The highest BCUT2D eigenvalue weighted by Crippen LogP contribution is 2.32. The second kappa shape index (κ2) is 8.59. The van der Waals surface area contributed by atoms with Gasteiger partial charge in [-0.3, -0.25) is 9.10 Å². The summed E-state index contributed by atoms with van der Waals surface area (Å²) in [6.45, 7) is -0.184. The van der Waals surface area contributed by atoms with Crippen molar-refractivity contribution in [1.29, 1.82) is 0 Å². The minimum absolute atomic E-state index is 0.0600. The van der Waals surface area contributed by atoms with Gasteiger partial charge >= 0.3 is 6.18 Å². The molecule has 1 N–H and O–H groups in total. The summed E-state index contributed by atoms with van der Waals surface area (Å²) in [6, 6.07) is 9.22. The highest BCUT2D eigenvalue weighted by molar-refractivity contribution is 7.92. The molecule has 0 aliphatic carbocycles. The number of carbonyl (C=O) groups is 1. The van der Waals surface area contributed by atoms with Gasteiger partial charge < -0.3 is 5.32 Å². The van der Waals surface area contributed by atoms with Gasteiger partial charge in [-0.05, 0) is 42.8 Å². The Morgan fingerprint density at radius 3 is 2.39 bits per heavy atom. The molecule has 0 atom stereocenters. The molecule has 10 heteroatoms. The lowest BCUT2D eigenvalue weighted by molar-refractivity contribution is -0.137. The standard InChI is InChI=1S/C18H18F4N2O3S/c1-28(26,27)24(16-8-2-5-13(11-16)18(20,21)22)10-4-9-17(25)23-15-7-3-6-14(19)12-15/h2-3,5-8,11-12H,4,9-10H2,1H3,(H,23,25). The van der Waals surface area contributed by atoms with Crippen molar-refractivity contribution < 1.29 is 30.8 Å². The molecular formula is C18H18F4N2O3S. The van der Waals surface area contributed by atoms with E-state index in [4.69, 9.17) is 0 Å². The van der Waals surface area contributed by atoms with Crippen molar-refractivity contribution in [2.24, 2.45) is 0 Å². The summed E-state index contributed by atoms with van der Waals surface area (Å²) in [5.74, 6) is -0.992. The van der Waals surface area contributed by atoms with Crippen LogP contribution in [0.5, 0.6) is 0 Å². The third-order valence-corrected chi connectivity index (χ3v) is 4.93. The molecule has 1 amide bonds. The Balaban J connectivity index is 2.05. The predicted octanol–water partition coefficient (Wildman–Crippen LogP) is 4.03. The van der Waals surface area contributed by atoms with Crippen LogP contribution in [0.2, 0.25) is 0 Å². The van der Waals surface area contributed by atoms with Crippen molar-refractivity contribution in [2.45, 2.75) is 19.0 Å². The number of hydrogen-bond acceptors (Lipinski definition) is 3. The zero-order valence-corrected chi connectivity index (χ0v) is 15.6. The number of sulfonamides is 1. The lowest BCUT2D eigenvalue weighted by Gasteiger charge is -2.23. The van der Waals surface area contributed by atoms with Gasteiger partial charge in [0.05, 0.1) is 17.5 Å². The van der Waals surface area contributed by atoms with Gasteiger partial charge in [0, 0.05) is 18.7 Å². The van der Waals surface area contributed by atoms with Crippen LogP contribution < -0.4 is 9.62 Å². The second-order valence-corrected chi connectivity index (χ2v) is 7.95. The van der Waals surface area contributed by atoms with Gasteiger partial charge in [0.2, 0.25) is 15.9 Å². The Hall–Kier alpha value is -2.62. The summed E-state index contributed by atoms with van der Waals surface area (Å²) in [5, 5.41) is 2.47. The van der Waals surface area contributed by atoms with Gasteiger partial charge in [-0.1, -0.05) is 12.1 Å². The molecule has 0 heterocycles. The van der Waals surface area contributed by atoms with Crippen LogP contribution in [0.3, 0.4) is 0 Å². The number of amides is 1. The smallest absolute Gasteiger partial charge is 0.326 e. The summed E-state index contributed by atoms with van der Waals surface area (Å²) < 4.78 is 76.5. The Morgan fingerprint density at radius 1 is 1.11 bits per heavy atom. The van der Waals surface area contributed by atoms with Gasteiger partial charge in [-0.2, -0.15) is 13.2 Å². The molecule has 0 fully saturated rings. The molecule has 0 aliphatic heterocycles. The van der Waals surface area contributed by atoms with Crippen molar-refractivity contribution in [2.75, 3.05) is 22.4 Å². The quantitative estimate of drug-likeness (QED) is 0.691. The molecule has 2 aromatic carbocycles. The molecule has 0 spiro atoms. The van der Waals surface area contributed by atoms with E-state index in [0.29, 0.717) is 0 Å². The van der Waals surface area contributed by atoms with E-state index in [1.807, 2.05) is 0 Å². The third kappa shape index (κ3) is 6.22. The average Bonchev–Trinajstić information content (AvgIpc) is 2.57. The molecule has 0 unspecified atom stereocenters. The summed E-state index contributed by atoms with van der Waals surface area (Å²) in [5.41, 5.74) is -0.854. The normalized spacial score (nSPS) is 11.9. The highest BCUT2D eigenvalue weighted by Gasteiger charge is 2.31. The lowest BCUT2D eigenvalue weighted by Crippen LogP contribution is -2.31. The van der Waals surface area contributed by atoms with E-state index in [2.05, 4.69) is 5.32 Å². The molecule has 0 saturated heterocycles. The first-order chi connectivity index (χ1) is 13.0. The van der Waals surface area contributed by atoms with E-state index in [0.717, 1.165) is 34.8 Å². The number of nitrogens with one attached hydrogen (secondary N) is 1. The Labute approximate surface area is 160 Å². The fourth-order valence-electron chi connectivity index (χ4n) is 2.50. The summed E-state index contributed by atoms with van der Waals surface area (Å²) in [4.78, 5) is 11.9. The third-order valence-electron chi connectivity index (χ3n) is 3.74. The van der Waals surface area contributed by atoms with E-state index < -0.39 is 33.5 Å². The zero-order valence-electron chi connectivity index (χ0n) is 14.8. The van der Waals surface area contributed by atoms with E-state index >= 15 is 0 Å².